The third-order valence-electron chi connectivity index (χ3n) is 4.68. The minimum absolute atomic E-state index is 0.677. The van der Waals surface area contributed by atoms with Gasteiger partial charge in [0, 0.05) is 11.7 Å². The van der Waals surface area contributed by atoms with Crippen LogP contribution in [-0.2, 0) is 0 Å². The molecule has 2 fully saturated rings. The van der Waals surface area contributed by atoms with Crippen LogP contribution in [0.15, 0.2) is 24.4 Å². The largest absolute Gasteiger partial charge is 0.361 e. The van der Waals surface area contributed by atoms with Gasteiger partial charge < -0.3 is 10.3 Å². The van der Waals surface area contributed by atoms with Crippen molar-refractivity contribution in [1.82, 2.24) is 10.3 Å². The van der Waals surface area contributed by atoms with Gasteiger partial charge in [0.15, 0.2) is 5.69 Å². The van der Waals surface area contributed by atoms with Gasteiger partial charge >= 0.3 is 0 Å². The second-order valence-corrected chi connectivity index (χ2v) is 6.29. The van der Waals surface area contributed by atoms with Gasteiger partial charge in [0.2, 0.25) is 0 Å². The molecule has 1 aromatic heterocycles. The molecule has 20 heavy (non-hydrogen) atoms. The molecule has 1 aromatic carbocycles. The Kier molecular flexibility index (Phi) is 2.78. The highest BCUT2D eigenvalue weighted by Crippen LogP contribution is 2.49. The summed E-state index contributed by atoms with van der Waals surface area (Å²) in [5.41, 5.74) is 3.30. The number of H-pyrrole nitrogens is 1. The highest BCUT2D eigenvalue weighted by Gasteiger charge is 2.39. The molecular formula is C17H19N3. The van der Waals surface area contributed by atoms with Crippen molar-refractivity contribution in [3.05, 3.63) is 41.4 Å². The van der Waals surface area contributed by atoms with Crippen molar-refractivity contribution in [3.63, 3.8) is 0 Å². The fraction of sp³-hybridized carbons (Fsp3) is 0.471. The lowest BCUT2D eigenvalue weighted by Gasteiger charge is -2.02. The van der Waals surface area contributed by atoms with Crippen LogP contribution in [0.25, 0.3) is 15.7 Å². The SMILES string of the molecule is [C-]#[N+]c1ccc2[nH]cc(C3CC3CNCC3CC3)c2c1. The summed E-state index contributed by atoms with van der Waals surface area (Å²) in [6.07, 6.45) is 6.27. The Bertz CT molecular complexity index is 675. The van der Waals surface area contributed by atoms with E-state index in [0.29, 0.717) is 5.92 Å². The van der Waals surface area contributed by atoms with Crippen LogP contribution in [0.4, 0.5) is 5.69 Å². The van der Waals surface area contributed by atoms with Crippen molar-refractivity contribution < 1.29 is 0 Å². The first kappa shape index (κ1) is 12.0. The summed E-state index contributed by atoms with van der Waals surface area (Å²) in [4.78, 5) is 6.88. The molecule has 2 aromatic rings. The van der Waals surface area contributed by atoms with Crippen LogP contribution in [0.2, 0.25) is 0 Å². The molecule has 0 aliphatic heterocycles. The summed E-state index contributed by atoms with van der Waals surface area (Å²) in [7, 11) is 0. The summed E-state index contributed by atoms with van der Waals surface area (Å²) < 4.78 is 0. The van der Waals surface area contributed by atoms with Crippen molar-refractivity contribution in [2.24, 2.45) is 11.8 Å². The maximum absolute atomic E-state index is 7.15. The molecule has 0 radical (unpaired) electrons. The lowest BCUT2D eigenvalue weighted by atomic mass is 10.1. The summed E-state index contributed by atoms with van der Waals surface area (Å²) >= 11 is 0. The summed E-state index contributed by atoms with van der Waals surface area (Å²) in [5, 5.41) is 4.86. The first-order valence-corrected chi connectivity index (χ1v) is 7.54. The minimum atomic E-state index is 0.677. The maximum atomic E-state index is 7.15. The van der Waals surface area contributed by atoms with Crippen LogP contribution < -0.4 is 5.32 Å². The van der Waals surface area contributed by atoms with E-state index in [4.69, 9.17) is 6.57 Å². The molecule has 4 rings (SSSR count). The highest BCUT2D eigenvalue weighted by molar-refractivity contribution is 5.87. The molecule has 102 valence electrons. The second kappa shape index (κ2) is 4.64. The third-order valence-corrected chi connectivity index (χ3v) is 4.68. The van der Waals surface area contributed by atoms with Gasteiger partial charge in [-0.1, -0.05) is 6.07 Å². The van der Waals surface area contributed by atoms with Crippen LogP contribution >= 0.6 is 0 Å². The Labute approximate surface area is 119 Å². The van der Waals surface area contributed by atoms with E-state index in [0.717, 1.165) is 29.6 Å². The second-order valence-electron chi connectivity index (χ2n) is 6.29. The number of nitrogens with zero attached hydrogens (tertiary/aromatic N) is 1. The zero-order valence-electron chi connectivity index (χ0n) is 11.5. The maximum Gasteiger partial charge on any atom is 0.187 e. The van der Waals surface area contributed by atoms with E-state index in [1.54, 1.807) is 0 Å². The van der Waals surface area contributed by atoms with Gasteiger partial charge in [-0.15, -0.1) is 0 Å². The average Bonchev–Trinajstić information content (AvgIpc) is 3.39. The smallest absolute Gasteiger partial charge is 0.187 e. The number of nitrogens with one attached hydrogen (secondary N) is 2. The number of aromatic amines is 1. The van der Waals surface area contributed by atoms with Gasteiger partial charge in [0.05, 0.1) is 6.57 Å². The molecule has 2 saturated carbocycles. The number of aromatic nitrogens is 1. The number of benzene rings is 1. The monoisotopic (exact) mass is 265 g/mol. The first-order chi connectivity index (χ1) is 9.85. The van der Waals surface area contributed by atoms with Crippen LogP contribution in [0.1, 0.15) is 30.7 Å². The molecule has 3 heteroatoms. The Morgan fingerprint density at radius 2 is 2.20 bits per heavy atom. The van der Waals surface area contributed by atoms with Crippen molar-refractivity contribution in [3.8, 4) is 0 Å². The number of hydrogen-bond donors (Lipinski definition) is 2. The average molecular weight is 265 g/mol. The van der Waals surface area contributed by atoms with Crippen molar-refractivity contribution in [1.29, 1.82) is 0 Å². The molecule has 3 nitrogen and oxygen atoms in total. The van der Waals surface area contributed by atoms with Crippen LogP contribution in [-0.4, -0.2) is 18.1 Å². The molecule has 0 bridgehead atoms. The van der Waals surface area contributed by atoms with Crippen molar-refractivity contribution >= 4 is 16.6 Å². The minimum Gasteiger partial charge on any atom is -0.361 e. The van der Waals surface area contributed by atoms with Gasteiger partial charge in [0.25, 0.3) is 0 Å². The Morgan fingerprint density at radius 3 is 3.00 bits per heavy atom. The molecule has 2 aliphatic rings. The van der Waals surface area contributed by atoms with Gasteiger partial charge in [-0.3, -0.25) is 0 Å². The van der Waals surface area contributed by atoms with Gasteiger partial charge in [-0.25, -0.2) is 4.85 Å². The Balaban J connectivity index is 1.47. The first-order valence-electron chi connectivity index (χ1n) is 7.54. The zero-order valence-corrected chi connectivity index (χ0v) is 11.5. The van der Waals surface area contributed by atoms with E-state index in [1.165, 1.54) is 36.8 Å². The number of rotatable bonds is 5. The fourth-order valence-corrected chi connectivity index (χ4v) is 3.16. The quantitative estimate of drug-likeness (QED) is 0.791. The highest BCUT2D eigenvalue weighted by atomic mass is 14.9. The molecule has 2 unspecified atom stereocenters. The fourth-order valence-electron chi connectivity index (χ4n) is 3.16. The third kappa shape index (κ3) is 2.21. The van der Waals surface area contributed by atoms with E-state index in [9.17, 15) is 0 Å². The summed E-state index contributed by atoms with van der Waals surface area (Å²) in [6, 6.07) is 5.94. The summed E-state index contributed by atoms with van der Waals surface area (Å²) in [5.74, 6) is 2.42. The predicted octanol–water partition coefficient (Wildman–Crippen LogP) is 3.82. The molecule has 2 atom stereocenters. The van der Waals surface area contributed by atoms with Crippen LogP contribution in [0.5, 0.6) is 0 Å². The Hall–Kier alpha value is -1.79. The topological polar surface area (TPSA) is 32.2 Å². The lowest BCUT2D eigenvalue weighted by Crippen LogP contribution is -2.19. The predicted molar refractivity (Wildman–Crippen MR) is 81.0 cm³/mol. The molecule has 1 heterocycles. The molecule has 2 N–H and O–H groups in total. The van der Waals surface area contributed by atoms with E-state index in [2.05, 4.69) is 21.3 Å². The van der Waals surface area contributed by atoms with Crippen molar-refractivity contribution in [2.75, 3.05) is 13.1 Å². The van der Waals surface area contributed by atoms with E-state index in [1.807, 2.05) is 18.2 Å². The number of hydrogen-bond acceptors (Lipinski definition) is 1. The molecule has 2 aliphatic carbocycles. The number of fused-ring (bicyclic) bond motifs is 1. The molecular weight excluding hydrogens is 246 g/mol. The Morgan fingerprint density at radius 1 is 1.30 bits per heavy atom. The van der Waals surface area contributed by atoms with Gasteiger partial charge in [-0.05, 0) is 73.2 Å². The zero-order chi connectivity index (χ0) is 13.5. The van der Waals surface area contributed by atoms with Crippen molar-refractivity contribution in [2.45, 2.75) is 25.2 Å². The molecule has 0 saturated heterocycles. The van der Waals surface area contributed by atoms with E-state index in [-0.39, 0.29) is 0 Å². The van der Waals surface area contributed by atoms with Gasteiger partial charge in [0.1, 0.15) is 0 Å². The molecule has 0 amide bonds. The van der Waals surface area contributed by atoms with Crippen LogP contribution in [0.3, 0.4) is 0 Å². The molecule has 0 spiro atoms. The summed E-state index contributed by atoms with van der Waals surface area (Å²) in [6.45, 7) is 9.50. The normalized spacial score (nSPS) is 24.8. The standard InChI is InChI=1S/C17H19N3/c1-18-13-4-5-17-15(7-13)16(10-20-17)14-6-12(14)9-19-8-11-2-3-11/h4-5,7,10-12,14,19-20H,2-3,6,8-9H2. The van der Waals surface area contributed by atoms with Crippen LogP contribution in [0, 0.1) is 18.4 Å². The lowest BCUT2D eigenvalue weighted by molar-refractivity contribution is 0.596. The van der Waals surface area contributed by atoms with E-state index < -0.39 is 0 Å². The van der Waals surface area contributed by atoms with E-state index >= 15 is 0 Å². The van der Waals surface area contributed by atoms with Gasteiger partial charge in [-0.2, -0.15) is 0 Å².